The summed E-state index contributed by atoms with van der Waals surface area (Å²) < 4.78 is 6.31. The van der Waals surface area contributed by atoms with E-state index in [1.54, 1.807) is 0 Å². The van der Waals surface area contributed by atoms with E-state index in [9.17, 15) is 0 Å². The third-order valence-electron chi connectivity index (χ3n) is 15.4. The van der Waals surface area contributed by atoms with Gasteiger partial charge in [-0.2, -0.15) is 0 Å². The highest BCUT2D eigenvalue weighted by Gasteiger charge is 2.42. The Hall–Kier alpha value is -7.30. The number of nitrogens with zero attached hydrogens (tertiary/aromatic N) is 2. The van der Waals surface area contributed by atoms with Gasteiger partial charge in [-0.1, -0.05) is 187 Å². The van der Waals surface area contributed by atoms with E-state index >= 15 is 0 Å². The highest BCUT2D eigenvalue weighted by atomic mass is 16.3. The Bertz CT molecular complexity index is 3530. The van der Waals surface area contributed by atoms with Crippen molar-refractivity contribution in [2.75, 3.05) is 9.80 Å². The Morgan fingerprint density at radius 2 is 1.47 bits per heavy atom. The van der Waals surface area contributed by atoms with Crippen molar-refractivity contribution >= 4 is 73.9 Å². The molecule has 11 rings (SSSR count). The van der Waals surface area contributed by atoms with Gasteiger partial charge in [0, 0.05) is 51.2 Å². The first kappa shape index (κ1) is 47.1. The maximum Gasteiger partial charge on any atom is 0.247 e. The number of para-hydroxylation sites is 2. The van der Waals surface area contributed by atoms with Crippen molar-refractivity contribution in [2.45, 2.75) is 105 Å². The molecular formula is C68H67BN2O. The number of hydrogen-bond donors (Lipinski definition) is 0. The maximum atomic E-state index is 6.31. The van der Waals surface area contributed by atoms with Crippen LogP contribution in [0.4, 0.5) is 17.1 Å². The van der Waals surface area contributed by atoms with Crippen LogP contribution in [0.2, 0.25) is 0 Å². The molecule has 0 spiro atoms. The van der Waals surface area contributed by atoms with Gasteiger partial charge in [-0.15, -0.1) is 0 Å². The van der Waals surface area contributed by atoms with Crippen molar-refractivity contribution in [1.82, 2.24) is 0 Å². The molecule has 358 valence electrons. The fourth-order valence-electron chi connectivity index (χ4n) is 11.7. The van der Waals surface area contributed by atoms with Gasteiger partial charge in [0.05, 0.1) is 6.04 Å². The van der Waals surface area contributed by atoms with Crippen LogP contribution in [0.1, 0.15) is 114 Å². The zero-order chi connectivity index (χ0) is 49.9. The number of anilines is 3. The molecule has 0 saturated heterocycles. The first-order valence-electron chi connectivity index (χ1n) is 26.2. The normalized spacial score (nSPS) is 18.2. The largest absolute Gasteiger partial charge is 0.456 e. The summed E-state index contributed by atoms with van der Waals surface area (Å²) in [5.74, 6) is 0. The summed E-state index contributed by atoms with van der Waals surface area (Å²) in [4.78, 5) is 5.25. The molecule has 2 aliphatic heterocycles. The highest BCUT2D eigenvalue weighted by Crippen LogP contribution is 2.45. The van der Waals surface area contributed by atoms with E-state index in [1.165, 1.54) is 94.9 Å². The average Bonchev–Trinajstić information content (AvgIpc) is 3.75. The van der Waals surface area contributed by atoms with Gasteiger partial charge in [0.2, 0.25) is 6.71 Å². The molecule has 3 heterocycles. The van der Waals surface area contributed by atoms with Crippen LogP contribution >= 0.6 is 0 Å². The van der Waals surface area contributed by atoms with Crippen molar-refractivity contribution in [1.29, 1.82) is 0 Å². The van der Waals surface area contributed by atoms with Gasteiger partial charge in [-0.25, -0.2) is 0 Å². The molecule has 4 heteroatoms. The molecular weight excluding hydrogens is 872 g/mol. The molecule has 1 aromatic heterocycles. The monoisotopic (exact) mass is 939 g/mol. The molecule has 0 amide bonds. The number of benzene rings is 6. The minimum absolute atomic E-state index is 0.00608. The van der Waals surface area contributed by atoms with E-state index < -0.39 is 0 Å². The summed E-state index contributed by atoms with van der Waals surface area (Å²) in [5.41, 5.74) is 23.6. The van der Waals surface area contributed by atoms with Crippen LogP contribution in [0.5, 0.6) is 0 Å². The van der Waals surface area contributed by atoms with Crippen molar-refractivity contribution in [3.63, 3.8) is 0 Å². The van der Waals surface area contributed by atoms with E-state index in [1.807, 2.05) is 6.07 Å². The fourth-order valence-corrected chi connectivity index (χ4v) is 11.7. The molecule has 1 atom stereocenters. The molecule has 2 aliphatic carbocycles. The first-order chi connectivity index (χ1) is 34.8. The van der Waals surface area contributed by atoms with E-state index in [2.05, 4.69) is 254 Å². The zero-order valence-corrected chi connectivity index (χ0v) is 43.7. The van der Waals surface area contributed by atoms with Gasteiger partial charge in [0.15, 0.2) is 0 Å². The van der Waals surface area contributed by atoms with Crippen molar-refractivity contribution in [3.05, 3.63) is 238 Å². The molecule has 0 bridgehead atoms. The minimum Gasteiger partial charge on any atom is -0.456 e. The number of hydrogen-bond acceptors (Lipinski definition) is 3. The van der Waals surface area contributed by atoms with Gasteiger partial charge in [0.1, 0.15) is 11.2 Å². The lowest BCUT2D eigenvalue weighted by Gasteiger charge is -2.45. The first-order valence-corrected chi connectivity index (χ1v) is 26.2. The molecule has 0 saturated carbocycles. The molecule has 1 unspecified atom stereocenters. The molecule has 6 aromatic carbocycles. The predicted molar refractivity (Wildman–Crippen MR) is 311 cm³/mol. The highest BCUT2D eigenvalue weighted by molar-refractivity contribution is 6.93. The third kappa shape index (κ3) is 8.59. The SMILES string of the molecule is C/C=C\C(=C/C)N(c1ccccc1C1=CCCC=C1)C1C=CC2=C(C1)N(c1ccc(C(C)(C)C)cc1)c1cc(C)cc3c1B2c1cc(C(C)(C)C)ccc1C/C=C(c1ccc2oc4ccccc4c2c1)\C=C/3. The van der Waals surface area contributed by atoms with Crippen LogP contribution in [0.15, 0.2) is 203 Å². The van der Waals surface area contributed by atoms with Gasteiger partial charge in [-0.05, 0) is 155 Å². The second-order valence-electron chi connectivity index (χ2n) is 22.3. The Kier molecular flexibility index (Phi) is 12.2. The van der Waals surface area contributed by atoms with E-state index in [-0.39, 0.29) is 23.6 Å². The quantitative estimate of drug-likeness (QED) is 0.117. The lowest BCUT2D eigenvalue weighted by Crippen LogP contribution is -2.54. The summed E-state index contributed by atoms with van der Waals surface area (Å²) in [6.07, 6.45) is 29.8. The summed E-state index contributed by atoms with van der Waals surface area (Å²) in [5, 5.41) is 2.29. The van der Waals surface area contributed by atoms with E-state index in [4.69, 9.17) is 4.42 Å². The molecule has 72 heavy (non-hydrogen) atoms. The van der Waals surface area contributed by atoms with Crippen molar-refractivity contribution in [3.8, 4) is 0 Å². The van der Waals surface area contributed by atoms with Gasteiger partial charge >= 0.3 is 0 Å². The fraction of sp³-hybridized carbons (Fsp3) is 0.235. The number of aryl methyl sites for hydroxylation is 1. The number of allylic oxidation sites excluding steroid dienone is 12. The summed E-state index contributed by atoms with van der Waals surface area (Å²) >= 11 is 0. The number of rotatable bonds is 7. The predicted octanol–water partition coefficient (Wildman–Crippen LogP) is 16.7. The van der Waals surface area contributed by atoms with Crippen LogP contribution in [0, 0.1) is 6.92 Å². The topological polar surface area (TPSA) is 19.6 Å². The average molecular weight is 939 g/mol. The Labute approximate surface area is 428 Å². The molecule has 0 radical (unpaired) electrons. The van der Waals surface area contributed by atoms with Crippen LogP contribution in [-0.2, 0) is 17.3 Å². The maximum absolute atomic E-state index is 6.31. The molecule has 0 N–H and O–H groups in total. The third-order valence-corrected chi connectivity index (χ3v) is 15.4. The smallest absolute Gasteiger partial charge is 0.247 e. The Balaban J connectivity index is 1.14. The van der Waals surface area contributed by atoms with Crippen LogP contribution in [0.25, 0.3) is 39.2 Å². The van der Waals surface area contributed by atoms with Crippen LogP contribution in [0.3, 0.4) is 0 Å². The van der Waals surface area contributed by atoms with Crippen molar-refractivity contribution in [2.24, 2.45) is 0 Å². The van der Waals surface area contributed by atoms with Gasteiger partial charge in [0.25, 0.3) is 0 Å². The summed E-state index contributed by atoms with van der Waals surface area (Å²) in [7, 11) is 0. The molecule has 0 fully saturated rings. The Morgan fingerprint density at radius 3 is 2.24 bits per heavy atom. The minimum atomic E-state index is -0.0419. The van der Waals surface area contributed by atoms with E-state index in [0.717, 1.165) is 47.6 Å². The number of fused-ring (bicyclic) bond motifs is 6. The Morgan fingerprint density at radius 1 is 0.708 bits per heavy atom. The van der Waals surface area contributed by atoms with Gasteiger partial charge < -0.3 is 14.2 Å². The zero-order valence-electron chi connectivity index (χ0n) is 43.7. The summed E-state index contributed by atoms with van der Waals surface area (Å²) in [6, 6.07) is 45.9. The number of furan rings is 1. The standard InChI is InChI=1S/C68H67BN2O/c1-10-19-53(11-2)70(61-24-17-15-22-56(61)47-20-13-12-14-21-47)55-37-38-59-62(44-55)71(54-35-33-51(34-36-54)67(4,5)6)63-41-45(3)40-50-29-27-46(49-31-39-65-58(42-49)57-23-16-18-25-64(57)72-65)26-28-48-30-32-52(68(7,8)9)43-60(48)69(59)66(50)63/h10-11,13,15-27,29-43,55H,12,14,28,44H2,1-9H3/b19-10-,29-27-,46-26+,53-11+. The molecule has 7 aromatic rings. The molecule has 4 aliphatic rings. The second-order valence-corrected chi connectivity index (χ2v) is 22.3. The second kappa shape index (κ2) is 18.7. The van der Waals surface area contributed by atoms with Crippen LogP contribution in [-0.4, -0.2) is 12.8 Å². The van der Waals surface area contributed by atoms with E-state index in [0.29, 0.717) is 0 Å². The molecule has 3 nitrogen and oxygen atoms in total. The van der Waals surface area contributed by atoms with Crippen molar-refractivity contribution < 1.29 is 4.42 Å². The van der Waals surface area contributed by atoms with Gasteiger partial charge in [-0.3, -0.25) is 0 Å². The lowest BCUT2D eigenvalue weighted by molar-refractivity contribution is 0.590. The summed E-state index contributed by atoms with van der Waals surface area (Å²) in [6.45, 7) is 20.6. The van der Waals surface area contributed by atoms with Crippen LogP contribution < -0.4 is 20.7 Å². The lowest BCUT2D eigenvalue weighted by atomic mass is 9.32.